The van der Waals surface area contributed by atoms with Gasteiger partial charge in [-0.05, 0) is 60.8 Å². The lowest BCUT2D eigenvalue weighted by atomic mass is 9.84. The van der Waals surface area contributed by atoms with Crippen molar-refractivity contribution in [3.8, 4) is 11.4 Å². The molecule has 3 aromatic rings. The van der Waals surface area contributed by atoms with Crippen LogP contribution in [0.4, 0.5) is 0 Å². The van der Waals surface area contributed by atoms with Crippen LogP contribution in [0, 0.1) is 10.8 Å². The van der Waals surface area contributed by atoms with Gasteiger partial charge in [-0.2, -0.15) is 0 Å². The molecule has 244 valence electrons. The molecule has 0 bridgehead atoms. The number of hydrogen-bond donors (Lipinski definition) is 2. The quantitative estimate of drug-likeness (QED) is 0.147. The first-order valence-electron chi connectivity index (χ1n) is 16.2. The monoisotopic (exact) mass is 643 g/mol. The first-order valence-corrected chi connectivity index (χ1v) is 17.0. The van der Waals surface area contributed by atoms with Crippen molar-refractivity contribution in [3.63, 3.8) is 0 Å². The normalized spacial score (nSPS) is 16.2. The Bertz CT molecular complexity index is 1540. The Labute approximate surface area is 275 Å². The summed E-state index contributed by atoms with van der Waals surface area (Å²) in [7, 11) is 0. The summed E-state index contributed by atoms with van der Waals surface area (Å²) in [5, 5.41) is 7.72. The number of hydrogen-bond acceptors (Lipinski definition) is 7. The molecular weight excluding hydrogens is 598 g/mol. The van der Waals surface area contributed by atoms with Crippen LogP contribution < -0.4 is 10.6 Å². The highest BCUT2D eigenvalue weighted by atomic mass is 32.1. The Balaban J connectivity index is 1.43. The third-order valence-corrected chi connectivity index (χ3v) is 9.93. The molecule has 9 nitrogen and oxygen atoms in total. The molecule has 0 spiro atoms. The fraction of sp³-hybridized carbons (Fsp3) is 0.472. The van der Waals surface area contributed by atoms with E-state index in [1.807, 2.05) is 42.7 Å². The highest BCUT2D eigenvalue weighted by Crippen LogP contribution is 2.33. The Kier molecular flexibility index (Phi) is 12.1. The molecule has 2 N–H and O–H groups in total. The minimum Gasteiger partial charge on any atom is -0.343 e. The van der Waals surface area contributed by atoms with Gasteiger partial charge in [0.2, 0.25) is 5.91 Å². The first kappa shape index (κ1) is 34.8. The predicted octanol–water partition coefficient (Wildman–Crippen LogP) is 7.41. The van der Waals surface area contributed by atoms with E-state index < -0.39 is 29.8 Å². The third kappa shape index (κ3) is 9.48. The van der Waals surface area contributed by atoms with Crippen LogP contribution in [-0.4, -0.2) is 39.8 Å². The number of amides is 3. The predicted molar refractivity (Wildman–Crippen MR) is 183 cm³/mol. The summed E-state index contributed by atoms with van der Waals surface area (Å²) in [6.45, 7) is 9.83. The van der Waals surface area contributed by atoms with Crippen LogP contribution in [-0.2, 0) is 21.4 Å². The number of rotatable bonds is 13. The molecule has 46 heavy (non-hydrogen) atoms. The van der Waals surface area contributed by atoms with Crippen LogP contribution in [0.15, 0.2) is 60.0 Å². The zero-order valence-electron chi connectivity index (χ0n) is 27.5. The maximum Gasteiger partial charge on any atom is 0.308 e. The zero-order chi connectivity index (χ0) is 33.3. The second kappa shape index (κ2) is 16.0. The minimum absolute atomic E-state index is 0.117. The summed E-state index contributed by atoms with van der Waals surface area (Å²) in [6.07, 6.45) is 14.9. The van der Waals surface area contributed by atoms with Crippen molar-refractivity contribution in [2.75, 3.05) is 0 Å². The number of benzene rings is 1. The number of nitrogens with zero attached hydrogens (tertiary/aromatic N) is 3. The minimum atomic E-state index is -1.11. The maximum absolute atomic E-state index is 13.2. The summed E-state index contributed by atoms with van der Waals surface area (Å²) in [5.41, 5.74) is 3.88. The number of unbranched alkanes of at least 4 members (excludes halogenated alkanes) is 2. The molecule has 0 fully saturated rings. The average Bonchev–Trinajstić information content (AvgIpc) is 3.57. The van der Waals surface area contributed by atoms with E-state index in [1.54, 1.807) is 6.07 Å². The van der Waals surface area contributed by atoms with Gasteiger partial charge in [0.25, 0.3) is 5.91 Å². The lowest BCUT2D eigenvalue weighted by Crippen LogP contribution is -2.51. The number of nitrogens with one attached hydrogen (secondary N) is 2. The molecular formula is C36H45N5O4S. The van der Waals surface area contributed by atoms with Crippen molar-refractivity contribution in [2.45, 2.75) is 103 Å². The lowest BCUT2D eigenvalue weighted by molar-refractivity contribution is -0.128. The van der Waals surface area contributed by atoms with E-state index in [4.69, 9.17) is 0 Å². The molecule has 2 aromatic heterocycles. The van der Waals surface area contributed by atoms with Crippen molar-refractivity contribution in [1.29, 1.82) is 0 Å². The van der Waals surface area contributed by atoms with Gasteiger partial charge < -0.3 is 10.6 Å². The lowest BCUT2D eigenvalue weighted by Gasteiger charge is -2.22. The van der Waals surface area contributed by atoms with E-state index in [-0.39, 0.29) is 11.8 Å². The highest BCUT2D eigenvalue weighted by molar-refractivity contribution is 7.14. The summed E-state index contributed by atoms with van der Waals surface area (Å²) < 4.78 is 0. The number of allylic oxidation sites excluding steroid dienone is 2. The van der Waals surface area contributed by atoms with Crippen molar-refractivity contribution >= 4 is 34.6 Å². The van der Waals surface area contributed by atoms with Crippen LogP contribution in [0.2, 0.25) is 0 Å². The molecule has 4 rings (SSSR count). The number of carbonyl (C=O) groups excluding carboxylic acids is 3. The van der Waals surface area contributed by atoms with Crippen LogP contribution >= 0.6 is 11.3 Å². The zero-order valence-corrected chi connectivity index (χ0v) is 28.3. The molecule has 10 heteroatoms. The van der Waals surface area contributed by atoms with Gasteiger partial charge in [-0.15, -0.1) is 16.2 Å². The molecule has 2 heterocycles. The second-order valence-electron chi connectivity index (χ2n) is 13.2. The van der Waals surface area contributed by atoms with Crippen molar-refractivity contribution in [1.82, 2.24) is 20.6 Å². The number of nitroso groups, excluding NO2 is 1. The molecule has 0 saturated carbocycles. The summed E-state index contributed by atoms with van der Waals surface area (Å²) in [5.74, 6) is -0.582. The molecule has 3 atom stereocenters. The molecule has 0 saturated heterocycles. The molecule has 0 aliphatic heterocycles. The standard InChI is InChI=1S/C36H45N5O4S/c1-6-7-8-9-24-10-14-26(15-11-24)28-21-37-32(38-22-28)27-16-12-25(13-17-27)20-29(34(43)39-23(2)33(42)41-45)40-35(44)30-18-19-31(46-30)36(3,4)5/h12-14,16-19,21-24,29H,6-11,15,20H2,1-5H3,(H,39,43)(H,40,44)/t23-,24?,29+/m1/s1. The number of carbonyl (C=O) groups is 3. The van der Waals surface area contributed by atoms with Crippen LogP contribution in [0.25, 0.3) is 17.0 Å². The molecule has 1 aliphatic carbocycles. The van der Waals surface area contributed by atoms with E-state index in [0.717, 1.165) is 40.3 Å². The van der Waals surface area contributed by atoms with Gasteiger partial charge in [-0.1, -0.05) is 83.7 Å². The number of thiophene rings is 1. The van der Waals surface area contributed by atoms with Gasteiger partial charge in [-0.3, -0.25) is 14.4 Å². The Morgan fingerprint density at radius 2 is 1.72 bits per heavy atom. The Morgan fingerprint density at radius 1 is 1.00 bits per heavy atom. The molecule has 0 radical (unpaired) electrons. The smallest absolute Gasteiger partial charge is 0.308 e. The average molecular weight is 644 g/mol. The summed E-state index contributed by atoms with van der Waals surface area (Å²) in [6, 6.07) is 9.06. The van der Waals surface area contributed by atoms with E-state index in [0.29, 0.717) is 10.7 Å². The van der Waals surface area contributed by atoms with E-state index in [2.05, 4.69) is 59.5 Å². The molecule has 1 aromatic carbocycles. The summed E-state index contributed by atoms with van der Waals surface area (Å²) in [4.78, 5) is 59.6. The van der Waals surface area contributed by atoms with E-state index in [1.165, 1.54) is 55.9 Å². The largest absolute Gasteiger partial charge is 0.343 e. The number of aromatic nitrogens is 2. The third-order valence-electron chi connectivity index (χ3n) is 8.42. The van der Waals surface area contributed by atoms with Crippen LogP contribution in [0.3, 0.4) is 0 Å². The van der Waals surface area contributed by atoms with Crippen molar-refractivity contribution in [3.05, 3.63) is 80.7 Å². The van der Waals surface area contributed by atoms with Gasteiger partial charge in [0.1, 0.15) is 12.1 Å². The van der Waals surface area contributed by atoms with Crippen LogP contribution in [0.5, 0.6) is 0 Å². The van der Waals surface area contributed by atoms with Gasteiger partial charge in [-0.25, -0.2) is 9.97 Å². The van der Waals surface area contributed by atoms with Crippen LogP contribution in [0.1, 0.15) is 105 Å². The van der Waals surface area contributed by atoms with Crippen molar-refractivity contribution < 1.29 is 14.4 Å². The van der Waals surface area contributed by atoms with E-state index >= 15 is 0 Å². The maximum atomic E-state index is 13.2. The van der Waals surface area contributed by atoms with Crippen molar-refractivity contribution in [2.24, 2.45) is 11.1 Å². The Hall–Kier alpha value is -4.05. The fourth-order valence-electron chi connectivity index (χ4n) is 5.52. The van der Waals surface area contributed by atoms with Gasteiger partial charge in [0.05, 0.1) is 4.88 Å². The highest BCUT2D eigenvalue weighted by Gasteiger charge is 2.27. The van der Waals surface area contributed by atoms with Gasteiger partial charge in [0, 0.05) is 40.0 Å². The summed E-state index contributed by atoms with van der Waals surface area (Å²) >= 11 is 1.37. The molecule has 3 amide bonds. The topological polar surface area (TPSA) is 130 Å². The SMILES string of the molecule is CCCCCC1CC=C(c2cnc(-c3ccc(C[C@H](NC(=O)c4ccc(C(C)(C)C)s4)C(=O)N[C@H](C)C(=O)N=O)cc3)nc2)CC1. The van der Waals surface area contributed by atoms with E-state index in [9.17, 15) is 19.3 Å². The first-order chi connectivity index (χ1) is 22.0. The Morgan fingerprint density at radius 3 is 2.30 bits per heavy atom. The van der Waals surface area contributed by atoms with Gasteiger partial charge >= 0.3 is 5.91 Å². The fourth-order valence-corrected chi connectivity index (χ4v) is 6.49. The second-order valence-corrected chi connectivity index (χ2v) is 14.2. The molecule has 1 unspecified atom stereocenters. The molecule has 1 aliphatic rings. The van der Waals surface area contributed by atoms with Gasteiger partial charge in [0.15, 0.2) is 5.82 Å².